The van der Waals surface area contributed by atoms with Crippen molar-refractivity contribution in [2.45, 2.75) is 10.8 Å². The van der Waals surface area contributed by atoms with Crippen molar-refractivity contribution in [3.63, 3.8) is 0 Å². The average Bonchev–Trinajstić information content (AvgIpc) is 3.20. The Hall–Kier alpha value is -2.34. The van der Waals surface area contributed by atoms with Gasteiger partial charge in [0.2, 0.25) is 5.29 Å². The summed E-state index contributed by atoms with van der Waals surface area (Å²) in [6.45, 7) is 0.556. The summed E-state index contributed by atoms with van der Waals surface area (Å²) in [6, 6.07) is 23.8. The molecule has 7 heteroatoms. The Morgan fingerprint density at radius 1 is 1.00 bits per heavy atom. The van der Waals surface area contributed by atoms with Crippen molar-refractivity contribution in [1.82, 2.24) is 5.01 Å². The molecule has 0 fully saturated rings. The zero-order chi connectivity index (χ0) is 20.2. The molecule has 0 aromatic heterocycles. The van der Waals surface area contributed by atoms with Crippen LogP contribution in [0, 0.1) is 5.82 Å². The molecule has 3 nitrogen and oxygen atoms in total. The SMILES string of the molecule is Fc1ccc(C2=NN(/C(Cl)=N/Sc3ccc(Cl)cc3)CC2c2ccccc2)cc1. The van der Waals surface area contributed by atoms with Gasteiger partial charge in [0, 0.05) is 27.8 Å². The summed E-state index contributed by atoms with van der Waals surface area (Å²) in [4.78, 5) is 0.925. The highest BCUT2D eigenvalue weighted by molar-refractivity contribution is 7.98. The van der Waals surface area contributed by atoms with Gasteiger partial charge in [-0.2, -0.15) is 9.50 Å². The molecule has 3 aromatic carbocycles. The molecule has 0 amide bonds. The van der Waals surface area contributed by atoms with Gasteiger partial charge in [0.15, 0.2) is 0 Å². The van der Waals surface area contributed by atoms with Gasteiger partial charge in [-0.25, -0.2) is 9.40 Å². The number of amidine groups is 1. The van der Waals surface area contributed by atoms with Gasteiger partial charge in [-0.15, -0.1) is 0 Å². The second kappa shape index (κ2) is 8.99. The molecule has 0 spiro atoms. The fraction of sp³-hybridized carbons (Fsp3) is 0.0909. The number of nitrogens with zero attached hydrogens (tertiary/aromatic N) is 3. The van der Waals surface area contributed by atoms with Crippen molar-refractivity contribution in [3.05, 3.63) is 101 Å². The van der Waals surface area contributed by atoms with Gasteiger partial charge in [0.05, 0.1) is 12.3 Å². The monoisotopic (exact) mass is 443 g/mol. The van der Waals surface area contributed by atoms with E-state index in [2.05, 4.69) is 16.5 Å². The highest BCUT2D eigenvalue weighted by Crippen LogP contribution is 2.31. The number of hydrazone groups is 1. The molecular weight excluding hydrogens is 428 g/mol. The van der Waals surface area contributed by atoms with Gasteiger partial charge in [0.1, 0.15) is 5.82 Å². The van der Waals surface area contributed by atoms with Crippen LogP contribution in [0.1, 0.15) is 17.0 Å². The normalized spacial score (nSPS) is 16.8. The molecule has 29 heavy (non-hydrogen) atoms. The molecule has 1 unspecified atom stereocenters. The lowest BCUT2D eigenvalue weighted by Crippen LogP contribution is -2.21. The Labute approximate surface area is 183 Å². The van der Waals surface area contributed by atoms with Crippen molar-refractivity contribution >= 4 is 46.2 Å². The van der Waals surface area contributed by atoms with Crippen LogP contribution in [0.4, 0.5) is 4.39 Å². The molecule has 0 saturated carbocycles. The average molecular weight is 444 g/mol. The number of halogens is 3. The third-order valence-corrected chi connectivity index (χ3v) is 5.89. The van der Waals surface area contributed by atoms with Gasteiger partial charge < -0.3 is 0 Å². The van der Waals surface area contributed by atoms with Crippen molar-refractivity contribution in [1.29, 1.82) is 0 Å². The van der Waals surface area contributed by atoms with E-state index < -0.39 is 0 Å². The Kier molecular flexibility index (Phi) is 6.19. The van der Waals surface area contributed by atoms with Crippen LogP contribution in [-0.2, 0) is 0 Å². The molecule has 1 aliphatic rings. The maximum absolute atomic E-state index is 13.4. The molecular formula is C22H16Cl2FN3S. The molecule has 3 aromatic rings. The minimum absolute atomic E-state index is 0.00569. The molecule has 0 N–H and O–H groups in total. The Balaban J connectivity index is 1.61. The Morgan fingerprint density at radius 2 is 1.69 bits per heavy atom. The second-order valence-corrected chi connectivity index (χ2v) is 8.05. The van der Waals surface area contributed by atoms with Gasteiger partial charge in [0.25, 0.3) is 0 Å². The summed E-state index contributed by atoms with van der Waals surface area (Å²) >= 11 is 13.6. The lowest BCUT2D eigenvalue weighted by atomic mass is 9.91. The number of hydrogen-bond acceptors (Lipinski definition) is 3. The molecule has 1 heterocycles. The summed E-state index contributed by atoms with van der Waals surface area (Å²) in [6.07, 6.45) is 0. The van der Waals surface area contributed by atoms with Crippen LogP contribution in [-0.4, -0.2) is 22.6 Å². The first kappa shape index (κ1) is 20.0. The third kappa shape index (κ3) is 4.81. The predicted molar refractivity (Wildman–Crippen MR) is 119 cm³/mol. The van der Waals surface area contributed by atoms with E-state index in [0.717, 1.165) is 21.7 Å². The minimum atomic E-state index is -0.278. The number of benzene rings is 3. The predicted octanol–water partition coefficient (Wildman–Crippen LogP) is 6.58. The summed E-state index contributed by atoms with van der Waals surface area (Å²) in [7, 11) is 0. The summed E-state index contributed by atoms with van der Waals surface area (Å²) in [5, 5.41) is 7.33. The van der Waals surface area contributed by atoms with Crippen LogP contribution in [0.5, 0.6) is 0 Å². The van der Waals surface area contributed by atoms with Crippen molar-refractivity contribution in [2.24, 2.45) is 9.50 Å². The summed E-state index contributed by atoms with van der Waals surface area (Å²) < 4.78 is 17.8. The zero-order valence-corrected chi connectivity index (χ0v) is 17.5. The highest BCUT2D eigenvalue weighted by Gasteiger charge is 2.31. The van der Waals surface area contributed by atoms with E-state index in [1.54, 1.807) is 29.3 Å². The van der Waals surface area contributed by atoms with Crippen molar-refractivity contribution in [2.75, 3.05) is 6.54 Å². The second-order valence-electron chi connectivity index (χ2n) is 6.44. The molecule has 0 aliphatic carbocycles. The molecule has 146 valence electrons. The van der Waals surface area contributed by atoms with Crippen LogP contribution in [0.25, 0.3) is 0 Å². The standard InChI is InChI=1S/C22H16Cl2FN3S/c23-17-8-12-19(13-9-17)29-27-22(24)28-14-20(15-4-2-1-3-5-15)21(26-28)16-6-10-18(25)11-7-16/h1-13,20H,14H2/b27-22+. The third-order valence-electron chi connectivity index (χ3n) is 4.51. The van der Waals surface area contributed by atoms with Gasteiger partial charge in [-0.05, 0) is 59.1 Å². The molecule has 0 bridgehead atoms. The smallest absolute Gasteiger partial charge is 0.226 e. The van der Waals surface area contributed by atoms with E-state index in [0.29, 0.717) is 11.6 Å². The fourth-order valence-electron chi connectivity index (χ4n) is 3.08. The van der Waals surface area contributed by atoms with Crippen LogP contribution < -0.4 is 0 Å². The van der Waals surface area contributed by atoms with Crippen LogP contribution >= 0.6 is 35.1 Å². The lowest BCUT2D eigenvalue weighted by molar-refractivity contribution is 0.484. The van der Waals surface area contributed by atoms with E-state index in [1.807, 2.05) is 30.3 Å². The largest absolute Gasteiger partial charge is 0.236 e. The van der Waals surface area contributed by atoms with Crippen LogP contribution in [0.2, 0.25) is 5.02 Å². The zero-order valence-electron chi connectivity index (χ0n) is 15.2. The maximum atomic E-state index is 13.4. The molecule has 1 aliphatic heterocycles. The first-order valence-corrected chi connectivity index (χ1v) is 10.5. The number of hydrogen-bond donors (Lipinski definition) is 0. The summed E-state index contributed by atoms with van der Waals surface area (Å²) in [5.41, 5.74) is 2.81. The first-order valence-electron chi connectivity index (χ1n) is 8.93. The van der Waals surface area contributed by atoms with Gasteiger partial charge in [-0.3, -0.25) is 0 Å². The quantitative estimate of drug-likeness (QED) is 0.197. The van der Waals surface area contributed by atoms with Gasteiger partial charge >= 0.3 is 0 Å². The van der Waals surface area contributed by atoms with Crippen LogP contribution in [0.3, 0.4) is 0 Å². The molecule has 1 atom stereocenters. The van der Waals surface area contributed by atoms with Crippen LogP contribution in [0.15, 0.2) is 93.3 Å². The molecule has 0 radical (unpaired) electrons. The molecule has 0 saturated heterocycles. The minimum Gasteiger partial charge on any atom is -0.236 e. The highest BCUT2D eigenvalue weighted by atomic mass is 35.5. The van der Waals surface area contributed by atoms with Gasteiger partial charge in [-0.1, -0.05) is 54.1 Å². The van der Waals surface area contributed by atoms with E-state index in [9.17, 15) is 4.39 Å². The first-order chi connectivity index (χ1) is 14.1. The Morgan fingerprint density at radius 3 is 2.38 bits per heavy atom. The topological polar surface area (TPSA) is 28.0 Å². The maximum Gasteiger partial charge on any atom is 0.226 e. The molecule has 4 rings (SSSR count). The summed E-state index contributed by atoms with van der Waals surface area (Å²) in [5.74, 6) is -0.273. The van der Waals surface area contributed by atoms with E-state index in [-0.39, 0.29) is 17.0 Å². The van der Waals surface area contributed by atoms with E-state index in [1.165, 1.54) is 24.1 Å². The van der Waals surface area contributed by atoms with E-state index in [4.69, 9.17) is 28.3 Å². The fourth-order valence-corrected chi connectivity index (χ4v) is 3.95. The van der Waals surface area contributed by atoms with E-state index >= 15 is 0 Å². The Bertz CT molecular complexity index is 1040. The van der Waals surface area contributed by atoms with Crippen molar-refractivity contribution in [3.8, 4) is 0 Å². The lowest BCUT2D eigenvalue weighted by Gasteiger charge is -2.15. The van der Waals surface area contributed by atoms with Crippen molar-refractivity contribution < 1.29 is 4.39 Å². The number of rotatable bonds is 4.